The first-order chi connectivity index (χ1) is 8.65. The van der Waals surface area contributed by atoms with Crippen LogP contribution in [0.2, 0.25) is 0 Å². The van der Waals surface area contributed by atoms with Crippen molar-refractivity contribution in [3.05, 3.63) is 11.4 Å². The molecule has 0 saturated heterocycles. The first-order valence-corrected chi connectivity index (χ1v) is 6.89. The second-order valence-corrected chi connectivity index (χ2v) is 5.83. The number of hydrogen-bond donors (Lipinski definition) is 3. The summed E-state index contributed by atoms with van der Waals surface area (Å²) < 4.78 is 26.2. The number of aryl methyl sites for hydroxylation is 2. The molecule has 8 nitrogen and oxygen atoms in total. The van der Waals surface area contributed by atoms with Crippen molar-refractivity contribution in [3.8, 4) is 0 Å². The monoisotopic (exact) mass is 289 g/mol. The smallest absolute Gasteiger partial charge is 0.322 e. The number of aromatic amines is 1. The zero-order valence-electron chi connectivity index (χ0n) is 10.7. The summed E-state index contributed by atoms with van der Waals surface area (Å²) in [6.45, 7) is 4.19. The summed E-state index contributed by atoms with van der Waals surface area (Å²) >= 11 is 0. The van der Waals surface area contributed by atoms with E-state index in [1.54, 1.807) is 0 Å². The van der Waals surface area contributed by atoms with Crippen LogP contribution in [0.4, 0.5) is 0 Å². The van der Waals surface area contributed by atoms with Gasteiger partial charge in [0.15, 0.2) is 0 Å². The molecule has 0 amide bonds. The van der Waals surface area contributed by atoms with E-state index in [4.69, 9.17) is 5.11 Å². The number of carbonyl (C=O) groups is 2. The van der Waals surface area contributed by atoms with Gasteiger partial charge in [-0.2, -0.15) is 9.82 Å². The molecule has 0 spiro atoms. The lowest BCUT2D eigenvalue weighted by molar-refractivity contribution is -0.140. The van der Waals surface area contributed by atoms with Crippen LogP contribution >= 0.6 is 0 Å². The molecule has 1 aromatic rings. The minimum absolute atomic E-state index is 0.0951. The van der Waals surface area contributed by atoms with Crippen LogP contribution in [-0.4, -0.2) is 41.5 Å². The highest BCUT2D eigenvalue weighted by Gasteiger charge is 2.29. The SMILES string of the molecule is CC(=O)CC(NS(=O)(=O)c1c(C)n[nH]c1C)C(=O)O. The van der Waals surface area contributed by atoms with Crippen LogP contribution in [0.15, 0.2) is 4.90 Å². The third-order valence-corrected chi connectivity index (χ3v) is 4.15. The Balaban J connectivity index is 3.08. The predicted octanol–water partition coefficient (Wildman–Crippen LogP) is -0.263. The number of hydrogen-bond acceptors (Lipinski definition) is 5. The van der Waals surface area contributed by atoms with Gasteiger partial charge in [-0.15, -0.1) is 0 Å². The van der Waals surface area contributed by atoms with Gasteiger partial charge < -0.3 is 5.11 Å². The zero-order chi connectivity index (χ0) is 14.8. The van der Waals surface area contributed by atoms with E-state index in [9.17, 15) is 18.0 Å². The van der Waals surface area contributed by atoms with E-state index in [-0.39, 0.29) is 10.6 Å². The summed E-state index contributed by atoms with van der Waals surface area (Å²) in [4.78, 5) is 21.8. The molecule has 1 heterocycles. The Morgan fingerprint density at radius 3 is 2.37 bits per heavy atom. The Hall–Kier alpha value is -1.74. The molecule has 3 N–H and O–H groups in total. The van der Waals surface area contributed by atoms with Gasteiger partial charge in [-0.1, -0.05) is 0 Å². The summed E-state index contributed by atoms with van der Waals surface area (Å²) in [5.74, 6) is -1.83. The van der Waals surface area contributed by atoms with Gasteiger partial charge in [-0.25, -0.2) is 8.42 Å². The molecule has 0 aliphatic heterocycles. The number of carboxylic acid groups (broad SMARTS) is 1. The quantitative estimate of drug-likeness (QED) is 0.661. The molecule has 0 fully saturated rings. The highest BCUT2D eigenvalue weighted by Crippen LogP contribution is 2.17. The summed E-state index contributed by atoms with van der Waals surface area (Å²) in [7, 11) is -4.04. The standard InChI is InChI=1S/C10H15N3O5S/c1-5(14)4-8(10(15)16)13-19(17,18)9-6(2)11-12-7(9)3/h8,13H,4H2,1-3H3,(H,11,12)(H,15,16). The molecule has 0 bridgehead atoms. The number of rotatable bonds is 6. The van der Waals surface area contributed by atoms with Crippen molar-refractivity contribution in [1.82, 2.24) is 14.9 Å². The maximum atomic E-state index is 12.1. The summed E-state index contributed by atoms with van der Waals surface area (Å²) in [5, 5.41) is 15.2. The van der Waals surface area contributed by atoms with Gasteiger partial charge in [0.05, 0.1) is 11.4 Å². The number of Topliss-reactive ketones (excluding diaryl/α,β-unsaturated/α-hetero) is 1. The second kappa shape index (κ2) is 5.49. The molecule has 106 valence electrons. The molecule has 9 heteroatoms. The molecule has 1 rings (SSSR count). The van der Waals surface area contributed by atoms with Gasteiger partial charge >= 0.3 is 5.97 Å². The van der Waals surface area contributed by atoms with Crippen molar-refractivity contribution in [2.75, 3.05) is 0 Å². The number of nitrogens with zero attached hydrogens (tertiary/aromatic N) is 1. The van der Waals surface area contributed by atoms with Gasteiger partial charge in [0.1, 0.15) is 16.7 Å². The maximum absolute atomic E-state index is 12.1. The zero-order valence-corrected chi connectivity index (χ0v) is 11.5. The molecule has 0 saturated carbocycles. The van der Waals surface area contributed by atoms with Crippen molar-refractivity contribution in [2.24, 2.45) is 0 Å². The number of aliphatic carboxylic acids is 1. The number of carboxylic acids is 1. The highest BCUT2D eigenvalue weighted by atomic mass is 32.2. The van der Waals surface area contributed by atoms with E-state index in [0.717, 1.165) is 0 Å². The molecule has 0 aromatic carbocycles. The lowest BCUT2D eigenvalue weighted by atomic mass is 10.2. The molecular weight excluding hydrogens is 274 g/mol. The van der Waals surface area contributed by atoms with Crippen molar-refractivity contribution >= 4 is 21.8 Å². The Morgan fingerprint density at radius 1 is 1.42 bits per heavy atom. The second-order valence-electron chi connectivity index (χ2n) is 4.18. The summed E-state index contributed by atoms with van der Waals surface area (Å²) in [6.07, 6.45) is -0.412. The van der Waals surface area contributed by atoms with Gasteiger partial charge in [0.2, 0.25) is 10.0 Å². The fourth-order valence-corrected chi connectivity index (χ4v) is 3.21. The van der Waals surface area contributed by atoms with E-state index in [1.807, 2.05) is 4.72 Å². The number of ketones is 1. The third kappa shape index (κ3) is 3.61. The molecule has 0 radical (unpaired) electrons. The van der Waals surface area contributed by atoms with Crippen molar-refractivity contribution < 1.29 is 23.1 Å². The molecule has 0 aliphatic carbocycles. The topological polar surface area (TPSA) is 129 Å². The molecule has 0 aliphatic rings. The van der Waals surface area contributed by atoms with E-state index in [2.05, 4.69) is 10.2 Å². The summed E-state index contributed by atoms with van der Waals surface area (Å²) in [6, 6.07) is -1.49. The Morgan fingerprint density at radius 2 is 2.00 bits per heavy atom. The maximum Gasteiger partial charge on any atom is 0.322 e. The van der Waals surface area contributed by atoms with Crippen LogP contribution in [-0.2, 0) is 19.6 Å². The Kier molecular flexibility index (Phi) is 4.43. The molecule has 19 heavy (non-hydrogen) atoms. The fourth-order valence-electron chi connectivity index (χ4n) is 1.65. The normalized spacial score (nSPS) is 13.2. The van der Waals surface area contributed by atoms with Crippen molar-refractivity contribution in [2.45, 2.75) is 38.1 Å². The minimum Gasteiger partial charge on any atom is -0.480 e. The lowest BCUT2D eigenvalue weighted by Crippen LogP contribution is -2.42. The predicted molar refractivity (Wildman–Crippen MR) is 65.1 cm³/mol. The Labute approximate surface area is 110 Å². The molecule has 1 aromatic heterocycles. The molecule has 1 unspecified atom stereocenters. The van der Waals surface area contributed by atoms with Gasteiger partial charge in [0.25, 0.3) is 0 Å². The van der Waals surface area contributed by atoms with Crippen LogP contribution in [0.1, 0.15) is 24.7 Å². The molecule has 1 atom stereocenters. The average molecular weight is 289 g/mol. The van der Waals surface area contributed by atoms with Gasteiger partial charge in [0, 0.05) is 6.42 Å². The third-order valence-electron chi connectivity index (χ3n) is 2.42. The number of sulfonamides is 1. The van der Waals surface area contributed by atoms with E-state index in [0.29, 0.717) is 5.69 Å². The number of aromatic nitrogens is 2. The molecular formula is C10H15N3O5S. The van der Waals surface area contributed by atoms with Crippen LogP contribution in [0, 0.1) is 13.8 Å². The van der Waals surface area contributed by atoms with E-state index in [1.165, 1.54) is 20.8 Å². The van der Waals surface area contributed by atoms with Crippen LogP contribution < -0.4 is 4.72 Å². The Bertz CT molecular complexity index is 585. The minimum atomic E-state index is -4.04. The number of nitrogens with one attached hydrogen (secondary N) is 2. The van der Waals surface area contributed by atoms with Crippen LogP contribution in [0.3, 0.4) is 0 Å². The highest BCUT2D eigenvalue weighted by molar-refractivity contribution is 7.89. The number of H-pyrrole nitrogens is 1. The first kappa shape index (κ1) is 15.3. The largest absolute Gasteiger partial charge is 0.480 e. The van der Waals surface area contributed by atoms with Crippen LogP contribution in [0.25, 0.3) is 0 Å². The van der Waals surface area contributed by atoms with Crippen molar-refractivity contribution in [1.29, 1.82) is 0 Å². The van der Waals surface area contributed by atoms with Crippen LogP contribution in [0.5, 0.6) is 0 Å². The van der Waals surface area contributed by atoms with Gasteiger partial charge in [-0.3, -0.25) is 14.7 Å². The van der Waals surface area contributed by atoms with Gasteiger partial charge in [-0.05, 0) is 20.8 Å². The lowest BCUT2D eigenvalue weighted by Gasteiger charge is -2.13. The number of carbonyl (C=O) groups excluding carboxylic acids is 1. The first-order valence-electron chi connectivity index (χ1n) is 5.41. The van der Waals surface area contributed by atoms with E-state index < -0.39 is 34.2 Å². The fraction of sp³-hybridized carbons (Fsp3) is 0.500. The average Bonchev–Trinajstić information content (AvgIpc) is 2.56. The van der Waals surface area contributed by atoms with E-state index >= 15 is 0 Å². The summed E-state index contributed by atoms with van der Waals surface area (Å²) in [5.41, 5.74) is 0.536. The van der Waals surface area contributed by atoms with Crippen molar-refractivity contribution in [3.63, 3.8) is 0 Å².